The fraction of sp³-hybridized carbons (Fsp3) is 0.400. The van der Waals surface area contributed by atoms with Crippen molar-refractivity contribution < 1.29 is 19.5 Å². The van der Waals surface area contributed by atoms with Gasteiger partial charge < -0.3 is 15.3 Å². The number of rotatable bonds is 8. The number of thioether (sulfide) groups is 3. The second-order valence-electron chi connectivity index (χ2n) is 7.14. The molecule has 2 heterocycles. The van der Waals surface area contributed by atoms with E-state index in [4.69, 9.17) is 12.2 Å². The van der Waals surface area contributed by atoms with Gasteiger partial charge in [-0.05, 0) is 11.1 Å². The van der Waals surface area contributed by atoms with Crippen LogP contribution in [-0.4, -0.2) is 79.8 Å². The van der Waals surface area contributed by atoms with Gasteiger partial charge in [-0.3, -0.25) is 14.5 Å². The maximum Gasteiger partial charge on any atom is 0.352 e. The average Bonchev–Trinajstić information content (AvgIpc) is 2.75. The highest BCUT2D eigenvalue weighted by Crippen LogP contribution is 2.41. The summed E-state index contributed by atoms with van der Waals surface area (Å²) in [6.07, 6.45) is 0. The van der Waals surface area contributed by atoms with Crippen LogP contribution < -0.4 is 5.32 Å². The Morgan fingerprint density at radius 1 is 1.29 bits per heavy atom. The fourth-order valence-corrected chi connectivity index (χ4v) is 6.37. The first-order chi connectivity index (χ1) is 14.8. The van der Waals surface area contributed by atoms with Gasteiger partial charge in [0.2, 0.25) is 5.91 Å². The highest BCUT2D eigenvalue weighted by atomic mass is 32.2. The van der Waals surface area contributed by atoms with E-state index in [-0.39, 0.29) is 23.3 Å². The minimum Gasteiger partial charge on any atom is -0.477 e. The number of hydrogen-bond acceptors (Lipinski definition) is 7. The highest BCUT2D eigenvalue weighted by Gasteiger charge is 2.54. The number of carboxylic acids is 1. The second-order valence-corrected chi connectivity index (χ2v) is 10.8. The average molecular weight is 498 g/mol. The van der Waals surface area contributed by atoms with Gasteiger partial charge in [0.1, 0.15) is 21.4 Å². The van der Waals surface area contributed by atoms with Crippen LogP contribution in [0.3, 0.4) is 0 Å². The number of hydrogen-bond donors (Lipinski definition) is 2. The zero-order valence-electron chi connectivity index (χ0n) is 17.1. The van der Waals surface area contributed by atoms with Gasteiger partial charge in [0, 0.05) is 31.4 Å². The molecule has 7 nitrogen and oxygen atoms in total. The van der Waals surface area contributed by atoms with Crippen LogP contribution in [-0.2, 0) is 20.1 Å². The second kappa shape index (κ2) is 10.8. The van der Waals surface area contributed by atoms with Crippen LogP contribution in [0, 0.1) is 0 Å². The van der Waals surface area contributed by atoms with Crippen LogP contribution in [0.25, 0.3) is 0 Å². The molecule has 0 radical (unpaired) electrons. The van der Waals surface area contributed by atoms with Crippen LogP contribution in [0.2, 0.25) is 0 Å². The van der Waals surface area contributed by atoms with Crippen molar-refractivity contribution in [3.8, 4) is 0 Å². The lowest BCUT2D eigenvalue weighted by atomic mass is 10.0. The number of β-lactam (4-membered cyclic amide) rings is 1. The first-order valence-corrected chi connectivity index (χ1v) is 13.0. The lowest BCUT2D eigenvalue weighted by molar-refractivity contribution is -0.150. The molecular weight excluding hydrogens is 475 g/mol. The number of carbonyl (C=O) groups excluding carboxylic acids is 2. The summed E-state index contributed by atoms with van der Waals surface area (Å²) in [7, 11) is 3.66. The third-order valence-electron chi connectivity index (χ3n) is 4.65. The van der Waals surface area contributed by atoms with Crippen molar-refractivity contribution in [2.75, 3.05) is 31.4 Å². The Labute approximate surface area is 199 Å². The molecule has 166 valence electrons. The van der Waals surface area contributed by atoms with E-state index in [1.165, 1.54) is 40.2 Å². The van der Waals surface area contributed by atoms with Crippen molar-refractivity contribution in [3.05, 3.63) is 47.2 Å². The number of carbonyl (C=O) groups is 3. The van der Waals surface area contributed by atoms with E-state index in [1.807, 2.05) is 44.4 Å². The molecule has 0 spiro atoms. The molecule has 2 atom stereocenters. The van der Waals surface area contributed by atoms with E-state index in [0.29, 0.717) is 27.2 Å². The summed E-state index contributed by atoms with van der Waals surface area (Å²) in [5, 5.41) is 12.1. The topological polar surface area (TPSA) is 90.0 Å². The molecule has 2 aliphatic heterocycles. The van der Waals surface area contributed by atoms with Crippen LogP contribution in [0.15, 0.2) is 41.6 Å². The number of amides is 2. The van der Waals surface area contributed by atoms with Gasteiger partial charge in [-0.25, -0.2) is 4.79 Å². The Hall–Kier alpha value is -1.69. The Morgan fingerprint density at radius 3 is 2.65 bits per heavy atom. The minimum absolute atomic E-state index is 0.0201. The maximum absolute atomic E-state index is 12.7. The van der Waals surface area contributed by atoms with Gasteiger partial charge in [-0.15, -0.1) is 23.5 Å². The van der Waals surface area contributed by atoms with Crippen LogP contribution in [0.4, 0.5) is 0 Å². The molecule has 1 saturated heterocycles. The standard InChI is InChI=1S/C20H23N3O4S4/c1-22(2)20(28)31-10-13-9-30-18-15(17(25)23(18)16(13)19(26)27)21-14(24)11-29-8-12-6-4-3-5-7-12/h3-7,15,18H,8-11H2,1-2H3,(H,21,24)(H,26,27)/t15-,18-/m1/s1. The Kier molecular flexibility index (Phi) is 8.31. The summed E-state index contributed by atoms with van der Waals surface area (Å²) in [5.74, 6) is 0.101. The van der Waals surface area contributed by atoms with Crippen molar-refractivity contribution >= 4 is 69.6 Å². The molecule has 2 aliphatic rings. The first kappa shape index (κ1) is 24.0. The zero-order chi connectivity index (χ0) is 22.5. The largest absolute Gasteiger partial charge is 0.477 e. The van der Waals surface area contributed by atoms with Crippen LogP contribution in [0.5, 0.6) is 0 Å². The van der Waals surface area contributed by atoms with Gasteiger partial charge in [0.15, 0.2) is 0 Å². The normalized spacial score (nSPS) is 20.1. The summed E-state index contributed by atoms with van der Waals surface area (Å²) in [6, 6.07) is 9.15. The lowest BCUT2D eigenvalue weighted by Crippen LogP contribution is -2.70. The van der Waals surface area contributed by atoms with E-state index in [1.54, 1.807) is 4.90 Å². The molecule has 0 saturated carbocycles. The third kappa shape index (κ3) is 5.76. The maximum atomic E-state index is 12.7. The van der Waals surface area contributed by atoms with E-state index >= 15 is 0 Å². The third-order valence-corrected chi connectivity index (χ3v) is 8.81. The highest BCUT2D eigenvalue weighted by molar-refractivity contribution is 8.23. The van der Waals surface area contributed by atoms with E-state index in [9.17, 15) is 19.5 Å². The molecule has 0 unspecified atom stereocenters. The quantitative estimate of drug-likeness (QED) is 0.414. The fourth-order valence-electron chi connectivity index (χ4n) is 3.12. The number of fused-ring (bicyclic) bond motifs is 1. The molecule has 1 aromatic rings. The number of nitrogens with one attached hydrogen (secondary N) is 1. The molecule has 2 N–H and O–H groups in total. The van der Waals surface area contributed by atoms with Crippen molar-refractivity contribution in [2.45, 2.75) is 17.2 Å². The Morgan fingerprint density at radius 2 is 2.00 bits per heavy atom. The van der Waals surface area contributed by atoms with Crippen molar-refractivity contribution in [1.82, 2.24) is 15.1 Å². The monoisotopic (exact) mass is 497 g/mol. The van der Waals surface area contributed by atoms with Crippen molar-refractivity contribution in [2.24, 2.45) is 0 Å². The molecule has 0 aliphatic carbocycles. The van der Waals surface area contributed by atoms with Crippen LogP contribution in [0.1, 0.15) is 5.56 Å². The first-order valence-electron chi connectivity index (χ1n) is 9.44. The zero-order valence-corrected chi connectivity index (χ0v) is 20.3. The molecule has 0 bridgehead atoms. The van der Waals surface area contributed by atoms with Crippen molar-refractivity contribution in [1.29, 1.82) is 0 Å². The summed E-state index contributed by atoms with van der Waals surface area (Å²) in [4.78, 5) is 40.0. The predicted octanol–water partition coefficient (Wildman–Crippen LogP) is 2.24. The molecular formula is C20H23N3O4S4. The molecule has 11 heteroatoms. The number of benzene rings is 1. The van der Waals surface area contributed by atoms with Gasteiger partial charge in [0.25, 0.3) is 5.91 Å². The van der Waals surface area contributed by atoms with E-state index in [0.717, 1.165) is 5.56 Å². The van der Waals surface area contributed by atoms with E-state index in [2.05, 4.69) is 5.32 Å². The van der Waals surface area contributed by atoms with Gasteiger partial charge in [0.05, 0.1) is 5.75 Å². The summed E-state index contributed by atoms with van der Waals surface area (Å²) >= 11 is 9.57. The van der Waals surface area contributed by atoms with Gasteiger partial charge >= 0.3 is 5.97 Å². The SMILES string of the molecule is CN(C)C(=S)SCC1=C(C(=O)O)N2C(=O)[C@@H](NC(=O)CSCc3ccccc3)[C@H]2SC1. The lowest BCUT2D eigenvalue weighted by Gasteiger charge is -2.49. The molecule has 0 aromatic heterocycles. The molecule has 1 aromatic carbocycles. The Balaban J connectivity index is 1.56. The van der Waals surface area contributed by atoms with Crippen molar-refractivity contribution in [3.63, 3.8) is 0 Å². The summed E-state index contributed by atoms with van der Waals surface area (Å²) in [5.41, 5.74) is 1.82. The smallest absolute Gasteiger partial charge is 0.352 e. The number of thiocarbonyl (C=S) groups is 1. The summed E-state index contributed by atoms with van der Waals surface area (Å²) < 4.78 is 0.650. The predicted molar refractivity (Wildman–Crippen MR) is 131 cm³/mol. The molecule has 31 heavy (non-hydrogen) atoms. The van der Waals surface area contributed by atoms with Crippen LogP contribution >= 0.6 is 47.5 Å². The molecule has 3 rings (SSSR count). The molecule has 1 fully saturated rings. The minimum atomic E-state index is -1.13. The Bertz CT molecular complexity index is 907. The molecule has 2 amide bonds. The van der Waals surface area contributed by atoms with Gasteiger partial charge in [-0.2, -0.15) is 0 Å². The number of carboxylic acid groups (broad SMARTS) is 1. The van der Waals surface area contributed by atoms with E-state index < -0.39 is 17.4 Å². The number of nitrogens with zero attached hydrogens (tertiary/aromatic N) is 2. The van der Waals surface area contributed by atoms with Gasteiger partial charge in [-0.1, -0.05) is 54.3 Å². The summed E-state index contributed by atoms with van der Waals surface area (Å²) in [6.45, 7) is 0. The number of aliphatic carboxylic acids is 1.